The van der Waals surface area contributed by atoms with Crippen LogP contribution in [0.3, 0.4) is 0 Å². The summed E-state index contributed by atoms with van der Waals surface area (Å²) in [6.07, 6.45) is 6.45. The molecule has 0 radical (unpaired) electrons. The number of nitrogens with one attached hydrogen (secondary N) is 1. The third kappa shape index (κ3) is 4.34. The van der Waals surface area contributed by atoms with E-state index in [2.05, 4.69) is 5.32 Å². The number of hydrogen-bond donors (Lipinski definition) is 2. The normalized spacial score (nSPS) is 12.3. The van der Waals surface area contributed by atoms with Crippen molar-refractivity contribution in [2.45, 2.75) is 25.8 Å². The summed E-state index contributed by atoms with van der Waals surface area (Å²) in [5, 5.41) is 18.9. The van der Waals surface area contributed by atoms with Gasteiger partial charge in [0.25, 0.3) is 0 Å². The third-order valence-corrected chi connectivity index (χ3v) is 1.31. The molecule has 0 fully saturated rings. The minimum absolute atomic E-state index is 0.344. The Morgan fingerprint density at radius 1 is 1.75 bits per heavy atom. The number of rotatable bonds is 5. The summed E-state index contributed by atoms with van der Waals surface area (Å²) in [5.74, 6) is -1.00. The predicted molar refractivity (Wildman–Crippen MR) is 44.2 cm³/mol. The average molecular weight is 168 g/mol. The summed E-state index contributed by atoms with van der Waals surface area (Å²) in [4.78, 5) is 10.4. The number of allylic oxidation sites excluding steroid dienone is 1. The van der Waals surface area contributed by atoms with Gasteiger partial charge in [-0.05, 0) is 12.8 Å². The van der Waals surface area contributed by atoms with Crippen LogP contribution in [0.1, 0.15) is 19.8 Å². The van der Waals surface area contributed by atoms with Crippen molar-refractivity contribution < 1.29 is 9.90 Å². The largest absolute Gasteiger partial charge is 0.480 e. The van der Waals surface area contributed by atoms with Gasteiger partial charge in [-0.25, -0.2) is 4.79 Å². The maximum absolute atomic E-state index is 10.4. The first kappa shape index (κ1) is 10.5. The van der Waals surface area contributed by atoms with Crippen LogP contribution in [0.4, 0.5) is 0 Å². The zero-order valence-electron chi connectivity index (χ0n) is 6.95. The highest BCUT2D eigenvalue weighted by atomic mass is 16.4. The minimum atomic E-state index is -1.00. The molecule has 0 rings (SSSR count). The quantitative estimate of drug-likeness (QED) is 0.363. The zero-order valence-corrected chi connectivity index (χ0v) is 6.95. The van der Waals surface area contributed by atoms with Crippen LogP contribution in [-0.4, -0.2) is 17.1 Å². The molecule has 4 nitrogen and oxygen atoms in total. The fourth-order valence-corrected chi connectivity index (χ4v) is 0.698. The van der Waals surface area contributed by atoms with Crippen LogP contribution in [0.5, 0.6) is 0 Å². The SMILES string of the molecule is CCC=CC[C@H](NC#N)C(=O)O. The molecule has 2 N–H and O–H groups in total. The summed E-state index contributed by atoms with van der Waals surface area (Å²) in [7, 11) is 0. The molecule has 0 aliphatic heterocycles. The standard InChI is InChI=1S/C8H12N2O2/c1-2-3-4-5-7(8(11)12)10-6-9/h3-4,7,10H,2,5H2,1H3,(H,11,12)/t7-/m0/s1. The maximum atomic E-state index is 10.4. The Kier molecular flexibility index (Phi) is 5.45. The number of carboxylic acids is 1. The topological polar surface area (TPSA) is 73.1 Å². The Morgan fingerprint density at radius 2 is 2.42 bits per heavy atom. The summed E-state index contributed by atoms with van der Waals surface area (Å²) >= 11 is 0. The van der Waals surface area contributed by atoms with Gasteiger partial charge in [-0.15, -0.1) is 0 Å². The smallest absolute Gasteiger partial charge is 0.327 e. The van der Waals surface area contributed by atoms with Crippen molar-refractivity contribution in [1.29, 1.82) is 5.26 Å². The third-order valence-electron chi connectivity index (χ3n) is 1.31. The summed E-state index contributed by atoms with van der Waals surface area (Å²) in [6, 6.07) is -0.794. The summed E-state index contributed by atoms with van der Waals surface area (Å²) < 4.78 is 0. The van der Waals surface area contributed by atoms with Gasteiger partial charge in [0.15, 0.2) is 6.19 Å². The summed E-state index contributed by atoms with van der Waals surface area (Å²) in [6.45, 7) is 1.96. The molecule has 4 heteroatoms. The number of aliphatic carboxylic acids is 1. The fourth-order valence-electron chi connectivity index (χ4n) is 0.698. The van der Waals surface area contributed by atoms with Crippen molar-refractivity contribution in [2.75, 3.05) is 0 Å². The molecule has 0 aromatic heterocycles. The molecule has 0 heterocycles. The Labute approximate surface area is 71.5 Å². The van der Waals surface area contributed by atoms with Gasteiger partial charge in [-0.3, -0.25) is 0 Å². The van der Waals surface area contributed by atoms with Crippen LogP contribution in [0, 0.1) is 11.5 Å². The van der Waals surface area contributed by atoms with Gasteiger partial charge in [0.2, 0.25) is 0 Å². The molecule has 0 spiro atoms. The maximum Gasteiger partial charge on any atom is 0.327 e. The highest BCUT2D eigenvalue weighted by Gasteiger charge is 2.13. The lowest BCUT2D eigenvalue weighted by atomic mass is 10.2. The minimum Gasteiger partial charge on any atom is -0.480 e. The van der Waals surface area contributed by atoms with Crippen molar-refractivity contribution in [2.24, 2.45) is 0 Å². The van der Waals surface area contributed by atoms with Crippen molar-refractivity contribution in [1.82, 2.24) is 5.32 Å². The van der Waals surface area contributed by atoms with E-state index in [0.29, 0.717) is 6.42 Å². The second kappa shape index (κ2) is 6.23. The molecular weight excluding hydrogens is 156 g/mol. The van der Waals surface area contributed by atoms with Crippen LogP contribution >= 0.6 is 0 Å². The van der Waals surface area contributed by atoms with E-state index >= 15 is 0 Å². The molecule has 0 aliphatic rings. The van der Waals surface area contributed by atoms with Gasteiger partial charge in [-0.1, -0.05) is 19.1 Å². The van der Waals surface area contributed by atoms with E-state index in [1.807, 2.05) is 13.0 Å². The number of nitrogens with zero attached hydrogens (tertiary/aromatic N) is 1. The first-order valence-electron chi connectivity index (χ1n) is 3.74. The monoisotopic (exact) mass is 168 g/mol. The average Bonchev–Trinajstić information content (AvgIpc) is 2.03. The van der Waals surface area contributed by atoms with Crippen molar-refractivity contribution in [3.63, 3.8) is 0 Å². The first-order valence-corrected chi connectivity index (χ1v) is 3.74. The lowest BCUT2D eigenvalue weighted by Gasteiger charge is -2.05. The molecule has 1 atom stereocenters. The van der Waals surface area contributed by atoms with Crippen molar-refractivity contribution >= 4 is 5.97 Å². The van der Waals surface area contributed by atoms with E-state index in [9.17, 15) is 4.79 Å². The molecule has 0 saturated heterocycles. The molecular formula is C8H12N2O2. The molecule has 0 aromatic carbocycles. The van der Waals surface area contributed by atoms with Gasteiger partial charge in [-0.2, -0.15) is 5.26 Å². The molecule has 0 bridgehead atoms. The zero-order chi connectivity index (χ0) is 9.40. The fraction of sp³-hybridized carbons (Fsp3) is 0.500. The van der Waals surface area contributed by atoms with Crippen LogP contribution in [0.25, 0.3) is 0 Å². The van der Waals surface area contributed by atoms with Gasteiger partial charge in [0.1, 0.15) is 6.04 Å². The Bertz CT molecular complexity index is 206. The van der Waals surface area contributed by atoms with E-state index in [0.717, 1.165) is 6.42 Å². The number of carboxylic acid groups (broad SMARTS) is 1. The Hall–Kier alpha value is -1.50. The summed E-state index contributed by atoms with van der Waals surface area (Å²) in [5.41, 5.74) is 0. The number of hydrogen-bond acceptors (Lipinski definition) is 3. The second-order valence-corrected chi connectivity index (χ2v) is 2.26. The molecule has 0 unspecified atom stereocenters. The van der Waals surface area contributed by atoms with Crippen LogP contribution in [0.2, 0.25) is 0 Å². The molecule has 0 amide bonds. The molecule has 0 saturated carbocycles. The molecule has 0 aromatic rings. The van der Waals surface area contributed by atoms with Gasteiger partial charge in [0.05, 0.1) is 0 Å². The van der Waals surface area contributed by atoms with Crippen molar-refractivity contribution in [3.05, 3.63) is 12.2 Å². The molecule has 12 heavy (non-hydrogen) atoms. The van der Waals surface area contributed by atoms with Crippen LogP contribution in [-0.2, 0) is 4.79 Å². The Balaban J connectivity index is 3.89. The van der Waals surface area contributed by atoms with Crippen LogP contribution in [0.15, 0.2) is 12.2 Å². The molecule has 0 aliphatic carbocycles. The van der Waals surface area contributed by atoms with Gasteiger partial charge < -0.3 is 10.4 Å². The van der Waals surface area contributed by atoms with E-state index in [-0.39, 0.29) is 0 Å². The van der Waals surface area contributed by atoms with Crippen molar-refractivity contribution in [3.8, 4) is 6.19 Å². The highest BCUT2D eigenvalue weighted by molar-refractivity contribution is 5.73. The number of nitriles is 1. The number of carbonyl (C=O) groups is 1. The molecule has 66 valence electrons. The lowest BCUT2D eigenvalue weighted by molar-refractivity contribution is -0.139. The predicted octanol–water partition coefficient (Wildman–Crippen LogP) is 0.867. The lowest BCUT2D eigenvalue weighted by Crippen LogP contribution is -2.32. The highest BCUT2D eigenvalue weighted by Crippen LogP contribution is 1.94. The van der Waals surface area contributed by atoms with E-state index < -0.39 is 12.0 Å². The van der Waals surface area contributed by atoms with Gasteiger partial charge in [0, 0.05) is 0 Å². The van der Waals surface area contributed by atoms with E-state index in [1.165, 1.54) is 0 Å². The Morgan fingerprint density at radius 3 is 2.83 bits per heavy atom. The van der Waals surface area contributed by atoms with E-state index in [4.69, 9.17) is 10.4 Å². The second-order valence-electron chi connectivity index (χ2n) is 2.26. The first-order chi connectivity index (χ1) is 5.72. The van der Waals surface area contributed by atoms with E-state index in [1.54, 1.807) is 12.3 Å². The van der Waals surface area contributed by atoms with Gasteiger partial charge >= 0.3 is 5.97 Å². The van der Waals surface area contributed by atoms with Crippen LogP contribution < -0.4 is 5.32 Å².